The topological polar surface area (TPSA) is 67.0 Å². The number of nitrogens with zero attached hydrogens (tertiary/aromatic N) is 5. The molecular formula is C22H26BrN5OS. The Morgan fingerprint density at radius 1 is 1.17 bits per heavy atom. The van der Waals surface area contributed by atoms with Crippen molar-refractivity contribution in [2.45, 2.75) is 46.1 Å². The molecule has 0 spiro atoms. The van der Waals surface area contributed by atoms with Crippen molar-refractivity contribution >= 4 is 40.0 Å². The van der Waals surface area contributed by atoms with Gasteiger partial charge in [0.15, 0.2) is 5.82 Å². The molecule has 0 saturated heterocycles. The maximum Gasteiger partial charge on any atom is 0.177 e. The molecule has 0 N–H and O–H groups in total. The summed E-state index contributed by atoms with van der Waals surface area (Å²) in [5.41, 5.74) is 2.81. The maximum atomic E-state index is 10.0. The molecule has 0 atom stereocenters. The lowest BCUT2D eigenvalue weighted by atomic mass is 10.1. The van der Waals surface area contributed by atoms with Crippen molar-refractivity contribution in [1.29, 1.82) is 5.26 Å². The molecule has 0 amide bonds. The van der Waals surface area contributed by atoms with Gasteiger partial charge in [-0.05, 0) is 56.5 Å². The SMILES string of the molecule is Br.CCOc1ccc(C2=CS/C(=C(\C#N)c3nnc4n3CCCCC4)N2CC)cc1. The average molecular weight is 488 g/mol. The zero-order valence-electron chi connectivity index (χ0n) is 17.3. The highest BCUT2D eigenvalue weighted by Gasteiger charge is 2.28. The first-order valence-corrected chi connectivity index (χ1v) is 11.1. The van der Waals surface area contributed by atoms with Crippen molar-refractivity contribution in [1.82, 2.24) is 19.7 Å². The number of nitriles is 1. The highest BCUT2D eigenvalue weighted by molar-refractivity contribution is 8.93. The number of halogens is 1. The molecule has 1 aromatic carbocycles. The Bertz CT molecular complexity index is 990. The zero-order chi connectivity index (χ0) is 20.2. The molecule has 30 heavy (non-hydrogen) atoms. The lowest BCUT2D eigenvalue weighted by Gasteiger charge is -2.23. The molecule has 2 aromatic rings. The summed E-state index contributed by atoms with van der Waals surface area (Å²) in [5.74, 6) is 2.56. The fourth-order valence-corrected chi connectivity index (χ4v) is 4.93. The van der Waals surface area contributed by atoms with Crippen molar-refractivity contribution in [3.63, 3.8) is 0 Å². The van der Waals surface area contributed by atoms with Gasteiger partial charge in [-0.3, -0.25) is 0 Å². The van der Waals surface area contributed by atoms with Gasteiger partial charge in [-0.25, -0.2) is 0 Å². The molecule has 0 radical (unpaired) electrons. The minimum absolute atomic E-state index is 0. The minimum atomic E-state index is 0. The van der Waals surface area contributed by atoms with Crippen LogP contribution in [-0.4, -0.2) is 32.8 Å². The van der Waals surface area contributed by atoms with Gasteiger partial charge in [0.25, 0.3) is 0 Å². The van der Waals surface area contributed by atoms with Gasteiger partial charge in [0.2, 0.25) is 0 Å². The van der Waals surface area contributed by atoms with Gasteiger partial charge in [-0.1, -0.05) is 18.2 Å². The van der Waals surface area contributed by atoms with Crippen LogP contribution in [0.3, 0.4) is 0 Å². The van der Waals surface area contributed by atoms with E-state index in [4.69, 9.17) is 4.74 Å². The van der Waals surface area contributed by atoms with Crippen molar-refractivity contribution in [3.8, 4) is 11.8 Å². The van der Waals surface area contributed by atoms with Crippen LogP contribution < -0.4 is 4.74 Å². The van der Waals surface area contributed by atoms with Gasteiger partial charge in [0.05, 0.1) is 12.3 Å². The summed E-state index contributed by atoms with van der Waals surface area (Å²) in [6.45, 7) is 6.39. The third-order valence-electron chi connectivity index (χ3n) is 5.25. The van der Waals surface area contributed by atoms with Crippen LogP contribution in [0.4, 0.5) is 0 Å². The third kappa shape index (κ3) is 4.28. The van der Waals surface area contributed by atoms with Crippen LogP contribution in [0.25, 0.3) is 11.3 Å². The van der Waals surface area contributed by atoms with E-state index >= 15 is 0 Å². The monoisotopic (exact) mass is 487 g/mol. The van der Waals surface area contributed by atoms with Gasteiger partial charge >= 0.3 is 0 Å². The number of allylic oxidation sites excluding steroid dienone is 1. The van der Waals surface area contributed by atoms with E-state index in [1.54, 1.807) is 11.8 Å². The molecule has 4 rings (SSSR count). The van der Waals surface area contributed by atoms with Crippen LogP contribution in [0.5, 0.6) is 5.75 Å². The lowest BCUT2D eigenvalue weighted by molar-refractivity contribution is 0.340. The van der Waals surface area contributed by atoms with Gasteiger partial charge in [-0.2, -0.15) is 5.26 Å². The maximum absolute atomic E-state index is 10.0. The number of ether oxygens (including phenoxy) is 1. The Labute approximate surface area is 192 Å². The molecule has 3 heterocycles. The predicted molar refractivity (Wildman–Crippen MR) is 126 cm³/mol. The summed E-state index contributed by atoms with van der Waals surface area (Å²) in [6.07, 6.45) is 4.37. The Balaban J connectivity index is 0.00000256. The minimum Gasteiger partial charge on any atom is -0.494 e. The van der Waals surface area contributed by atoms with Crippen molar-refractivity contribution in [3.05, 3.63) is 51.9 Å². The molecule has 0 unspecified atom stereocenters. The standard InChI is InChI=1S/C22H25N5OS.BrH/c1-3-26-19(16-9-11-17(12-10-16)28-4-2)15-29-22(26)18(14-23)21-25-24-20-8-6-5-7-13-27(20)21;/h9-12,15H,3-8,13H2,1-2H3;1H/b22-18+;. The first kappa shape index (κ1) is 22.4. The zero-order valence-corrected chi connectivity index (χ0v) is 19.8. The van der Waals surface area contributed by atoms with Crippen molar-refractivity contribution < 1.29 is 4.74 Å². The van der Waals surface area contributed by atoms with Crippen LogP contribution in [-0.2, 0) is 13.0 Å². The van der Waals surface area contributed by atoms with E-state index in [1.807, 2.05) is 19.1 Å². The summed E-state index contributed by atoms with van der Waals surface area (Å²) in [5, 5.41) is 21.9. The number of benzene rings is 1. The molecule has 0 fully saturated rings. The number of rotatable bonds is 5. The number of fused-ring (bicyclic) bond motifs is 1. The first-order chi connectivity index (χ1) is 14.3. The van der Waals surface area contributed by atoms with E-state index in [2.05, 4.69) is 50.2 Å². The molecule has 6 nitrogen and oxygen atoms in total. The van der Waals surface area contributed by atoms with E-state index in [-0.39, 0.29) is 17.0 Å². The smallest absolute Gasteiger partial charge is 0.177 e. The second-order valence-electron chi connectivity index (χ2n) is 7.02. The van der Waals surface area contributed by atoms with E-state index < -0.39 is 0 Å². The van der Waals surface area contributed by atoms with Gasteiger partial charge in [0, 0.05) is 24.9 Å². The van der Waals surface area contributed by atoms with E-state index in [9.17, 15) is 5.26 Å². The summed E-state index contributed by atoms with van der Waals surface area (Å²) in [4.78, 5) is 2.19. The first-order valence-electron chi connectivity index (χ1n) is 10.2. The summed E-state index contributed by atoms with van der Waals surface area (Å²) in [7, 11) is 0. The molecule has 158 valence electrons. The molecule has 2 aliphatic rings. The summed E-state index contributed by atoms with van der Waals surface area (Å²) < 4.78 is 7.70. The third-order valence-corrected chi connectivity index (χ3v) is 6.24. The van der Waals surface area contributed by atoms with Crippen LogP contribution in [0.2, 0.25) is 0 Å². The van der Waals surface area contributed by atoms with Crippen molar-refractivity contribution in [2.24, 2.45) is 0 Å². The lowest BCUT2D eigenvalue weighted by Crippen LogP contribution is -2.18. The van der Waals surface area contributed by atoms with Gasteiger partial charge < -0.3 is 14.2 Å². The van der Waals surface area contributed by atoms with Crippen LogP contribution in [0.1, 0.15) is 50.3 Å². The average Bonchev–Trinajstić information content (AvgIpc) is 3.27. The summed E-state index contributed by atoms with van der Waals surface area (Å²) in [6, 6.07) is 10.5. The number of hydrogen-bond acceptors (Lipinski definition) is 6. The second-order valence-corrected chi connectivity index (χ2v) is 7.87. The Morgan fingerprint density at radius 2 is 1.97 bits per heavy atom. The molecular weight excluding hydrogens is 462 g/mol. The summed E-state index contributed by atoms with van der Waals surface area (Å²) >= 11 is 1.59. The Hall–Kier alpha value is -2.24. The fourth-order valence-electron chi connectivity index (χ4n) is 3.83. The van der Waals surface area contributed by atoms with E-state index in [0.29, 0.717) is 18.0 Å². The molecule has 8 heteroatoms. The number of hydrogen-bond donors (Lipinski definition) is 0. The molecule has 1 aromatic heterocycles. The number of aryl methyl sites for hydroxylation is 1. The Morgan fingerprint density at radius 3 is 2.67 bits per heavy atom. The van der Waals surface area contributed by atoms with E-state index in [1.165, 1.54) is 6.42 Å². The normalized spacial score (nSPS) is 17.4. The highest BCUT2D eigenvalue weighted by Crippen LogP contribution is 2.43. The fraction of sp³-hybridized carbons (Fsp3) is 0.409. The quantitative estimate of drug-likeness (QED) is 0.537. The molecule has 0 saturated carbocycles. The number of aromatic nitrogens is 3. The van der Waals surface area contributed by atoms with Gasteiger partial charge in [0.1, 0.15) is 28.2 Å². The van der Waals surface area contributed by atoms with Crippen molar-refractivity contribution in [2.75, 3.05) is 13.2 Å². The predicted octanol–water partition coefficient (Wildman–Crippen LogP) is 5.24. The Kier molecular flexibility index (Phi) is 7.62. The molecule has 2 aliphatic heterocycles. The van der Waals surface area contributed by atoms with Crippen LogP contribution in [0.15, 0.2) is 34.7 Å². The largest absolute Gasteiger partial charge is 0.494 e. The van der Waals surface area contributed by atoms with Crippen LogP contribution in [0, 0.1) is 11.3 Å². The molecule has 0 aliphatic carbocycles. The molecule has 0 bridgehead atoms. The van der Waals surface area contributed by atoms with E-state index in [0.717, 1.165) is 60.2 Å². The van der Waals surface area contributed by atoms with Gasteiger partial charge in [-0.15, -0.1) is 27.2 Å². The second kappa shape index (κ2) is 10.2. The van der Waals surface area contributed by atoms with Crippen LogP contribution >= 0.6 is 28.7 Å². The highest BCUT2D eigenvalue weighted by atomic mass is 79.9. The number of thioether (sulfide) groups is 1.